The maximum Gasteiger partial charge on any atom is 0.311 e. The number of rotatable bonds is 1. The van der Waals surface area contributed by atoms with Crippen LogP contribution in [0.5, 0.6) is 0 Å². The second kappa shape index (κ2) is 4.80. The van der Waals surface area contributed by atoms with E-state index in [1.807, 2.05) is 18.2 Å². The molecule has 2 N–H and O–H groups in total. The Morgan fingerprint density at radius 2 is 2.32 bits per heavy atom. The zero-order valence-corrected chi connectivity index (χ0v) is 12.4. The summed E-state index contributed by atoms with van der Waals surface area (Å²) in [6, 6.07) is 6.21. The molecule has 0 aromatic heterocycles. The SMILES string of the molecule is CN1c2cc(Br)ccc2C(C(=O)O)C2CNCCC21. The van der Waals surface area contributed by atoms with E-state index < -0.39 is 11.9 Å². The van der Waals surface area contributed by atoms with Gasteiger partial charge in [0.1, 0.15) is 0 Å². The fraction of sp³-hybridized carbons (Fsp3) is 0.500. The van der Waals surface area contributed by atoms with Crippen LogP contribution < -0.4 is 10.2 Å². The molecule has 102 valence electrons. The highest BCUT2D eigenvalue weighted by atomic mass is 79.9. The zero-order chi connectivity index (χ0) is 13.6. The smallest absolute Gasteiger partial charge is 0.311 e. The van der Waals surface area contributed by atoms with Gasteiger partial charge in [-0.3, -0.25) is 4.79 Å². The molecule has 2 heterocycles. The number of carboxylic acids is 1. The van der Waals surface area contributed by atoms with Crippen molar-refractivity contribution in [2.45, 2.75) is 18.4 Å². The summed E-state index contributed by atoms with van der Waals surface area (Å²) in [4.78, 5) is 14.0. The number of carboxylic acid groups (broad SMARTS) is 1. The van der Waals surface area contributed by atoms with Crippen LogP contribution in [0.2, 0.25) is 0 Å². The van der Waals surface area contributed by atoms with Crippen molar-refractivity contribution in [2.75, 3.05) is 25.0 Å². The summed E-state index contributed by atoms with van der Waals surface area (Å²) >= 11 is 3.48. The number of piperidine rings is 1. The third-order valence-electron chi connectivity index (χ3n) is 4.39. The van der Waals surface area contributed by atoms with Gasteiger partial charge in [0, 0.05) is 35.7 Å². The van der Waals surface area contributed by atoms with Crippen LogP contribution in [-0.2, 0) is 4.79 Å². The van der Waals surface area contributed by atoms with E-state index in [9.17, 15) is 9.90 Å². The van der Waals surface area contributed by atoms with Crippen molar-refractivity contribution in [3.63, 3.8) is 0 Å². The second-order valence-corrected chi connectivity index (χ2v) is 6.27. The van der Waals surface area contributed by atoms with Gasteiger partial charge in [0.2, 0.25) is 0 Å². The first-order valence-electron chi connectivity index (χ1n) is 6.55. The van der Waals surface area contributed by atoms with Gasteiger partial charge in [0.25, 0.3) is 0 Å². The van der Waals surface area contributed by atoms with Crippen molar-refractivity contribution in [3.8, 4) is 0 Å². The van der Waals surface area contributed by atoms with Crippen LogP contribution in [0.15, 0.2) is 22.7 Å². The van der Waals surface area contributed by atoms with E-state index in [0.29, 0.717) is 6.04 Å². The molecule has 0 aliphatic carbocycles. The topological polar surface area (TPSA) is 52.6 Å². The van der Waals surface area contributed by atoms with E-state index in [0.717, 1.165) is 35.2 Å². The molecule has 5 heteroatoms. The highest BCUT2D eigenvalue weighted by Gasteiger charge is 2.44. The van der Waals surface area contributed by atoms with E-state index in [1.165, 1.54) is 0 Å². The van der Waals surface area contributed by atoms with Crippen LogP contribution >= 0.6 is 15.9 Å². The molecule has 4 nitrogen and oxygen atoms in total. The molecule has 0 saturated carbocycles. The number of hydrogen-bond acceptors (Lipinski definition) is 3. The van der Waals surface area contributed by atoms with Crippen molar-refractivity contribution in [1.29, 1.82) is 0 Å². The number of aliphatic carboxylic acids is 1. The minimum Gasteiger partial charge on any atom is -0.481 e. The van der Waals surface area contributed by atoms with Gasteiger partial charge in [-0.1, -0.05) is 22.0 Å². The number of halogens is 1. The molecule has 0 bridgehead atoms. The van der Waals surface area contributed by atoms with Crippen LogP contribution in [-0.4, -0.2) is 37.3 Å². The summed E-state index contributed by atoms with van der Waals surface area (Å²) in [6.07, 6.45) is 0.997. The first kappa shape index (κ1) is 12.9. The Hall–Kier alpha value is -1.07. The van der Waals surface area contributed by atoms with Crippen LogP contribution in [0.4, 0.5) is 5.69 Å². The highest BCUT2D eigenvalue weighted by molar-refractivity contribution is 9.10. The number of fused-ring (bicyclic) bond motifs is 2. The van der Waals surface area contributed by atoms with E-state index in [4.69, 9.17) is 0 Å². The Kier molecular flexibility index (Phi) is 3.27. The van der Waals surface area contributed by atoms with Gasteiger partial charge in [-0.15, -0.1) is 0 Å². The lowest BCUT2D eigenvalue weighted by atomic mass is 9.74. The molecule has 1 aromatic rings. The van der Waals surface area contributed by atoms with Crippen LogP contribution in [0.3, 0.4) is 0 Å². The summed E-state index contributed by atoms with van der Waals surface area (Å²) in [5, 5.41) is 13.0. The van der Waals surface area contributed by atoms with E-state index in [1.54, 1.807) is 0 Å². The Bertz CT molecular complexity index is 520. The Balaban J connectivity index is 2.13. The predicted octanol–water partition coefficient (Wildman–Crippen LogP) is 2.05. The summed E-state index contributed by atoms with van der Waals surface area (Å²) < 4.78 is 0.995. The van der Waals surface area contributed by atoms with Crippen molar-refractivity contribution >= 4 is 27.6 Å². The molecule has 0 amide bonds. The van der Waals surface area contributed by atoms with Gasteiger partial charge in [-0.05, 0) is 30.7 Å². The quantitative estimate of drug-likeness (QED) is 0.830. The molecular weight excluding hydrogens is 308 g/mol. The van der Waals surface area contributed by atoms with Crippen LogP contribution in [0.1, 0.15) is 17.9 Å². The molecule has 2 aliphatic rings. The number of benzene rings is 1. The number of anilines is 1. The fourth-order valence-electron chi connectivity index (χ4n) is 3.50. The second-order valence-electron chi connectivity index (χ2n) is 5.35. The number of carbonyl (C=O) groups is 1. The standard InChI is InChI=1S/C14H17BrN2O2/c1-17-11-4-5-16-7-10(11)13(14(18)19)9-3-2-8(15)6-12(9)17/h2-3,6,10-11,13,16H,4-5,7H2,1H3,(H,18,19). The number of nitrogens with zero attached hydrogens (tertiary/aromatic N) is 1. The first-order chi connectivity index (χ1) is 9.09. The predicted molar refractivity (Wildman–Crippen MR) is 77.7 cm³/mol. The molecule has 1 saturated heterocycles. The molecule has 0 radical (unpaired) electrons. The van der Waals surface area contributed by atoms with Gasteiger partial charge in [0.05, 0.1) is 5.92 Å². The van der Waals surface area contributed by atoms with E-state index in [2.05, 4.69) is 33.2 Å². The van der Waals surface area contributed by atoms with Crippen molar-refractivity contribution < 1.29 is 9.90 Å². The average molecular weight is 325 g/mol. The lowest BCUT2D eigenvalue weighted by Gasteiger charge is -2.47. The first-order valence-corrected chi connectivity index (χ1v) is 7.34. The number of hydrogen-bond donors (Lipinski definition) is 2. The Labute approximate surface area is 120 Å². The Morgan fingerprint density at radius 3 is 3.05 bits per heavy atom. The van der Waals surface area contributed by atoms with E-state index >= 15 is 0 Å². The van der Waals surface area contributed by atoms with Gasteiger partial charge in [-0.25, -0.2) is 0 Å². The normalized spacial score (nSPS) is 29.6. The molecule has 3 unspecified atom stereocenters. The monoisotopic (exact) mass is 324 g/mol. The molecule has 1 fully saturated rings. The van der Waals surface area contributed by atoms with Crippen LogP contribution in [0, 0.1) is 5.92 Å². The number of nitrogens with one attached hydrogen (secondary N) is 1. The summed E-state index contributed by atoms with van der Waals surface area (Å²) in [5.74, 6) is -0.975. The van der Waals surface area contributed by atoms with Crippen LogP contribution in [0.25, 0.3) is 0 Å². The van der Waals surface area contributed by atoms with Gasteiger partial charge >= 0.3 is 5.97 Å². The third kappa shape index (κ3) is 2.05. The maximum atomic E-state index is 11.7. The minimum absolute atomic E-state index is 0.143. The molecular formula is C14H17BrN2O2. The van der Waals surface area contributed by atoms with E-state index in [-0.39, 0.29) is 5.92 Å². The maximum absolute atomic E-state index is 11.7. The highest BCUT2D eigenvalue weighted by Crippen LogP contribution is 2.44. The molecule has 19 heavy (non-hydrogen) atoms. The average Bonchev–Trinajstić information content (AvgIpc) is 2.39. The zero-order valence-electron chi connectivity index (χ0n) is 10.8. The molecule has 0 spiro atoms. The largest absolute Gasteiger partial charge is 0.481 e. The lowest BCUT2D eigenvalue weighted by molar-refractivity contribution is -0.140. The summed E-state index contributed by atoms with van der Waals surface area (Å²) in [6.45, 7) is 1.74. The molecule has 2 aliphatic heterocycles. The van der Waals surface area contributed by atoms with Crippen molar-refractivity contribution in [3.05, 3.63) is 28.2 Å². The third-order valence-corrected chi connectivity index (χ3v) is 4.88. The minimum atomic E-state index is -0.713. The Morgan fingerprint density at radius 1 is 1.53 bits per heavy atom. The summed E-state index contributed by atoms with van der Waals surface area (Å²) in [5.41, 5.74) is 1.98. The molecule has 1 aromatic carbocycles. The lowest BCUT2D eigenvalue weighted by Crippen LogP contribution is -2.54. The van der Waals surface area contributed by atoms with Gasteiger partial charge in [0.15, 0.2) is 0 Å². The van der Waals surface area contributed by atoms with Gasteiger partial charge < -0.3 is 15.3 Å². The fourth-order valence-corrected chi connectivity index (χ4v) is 3.85. The molecule has 3 atom stereocenters. The van der Waals surface area contributed by atoms with Crippen molar-refractivity contribution in [2.24, 2.45) is 5.92 Å². The van der Waals surface area contributed by atoms with Crippen molar-refractivity contribution in [1.82, 2.24) is 5.32 Å². The molecule has 3 rings (SSSR count). The van der Waals surface area contributed by atoms with Gasteiger partial charge in [-0.2, -0.15) is 0 Å². The summed E-state index contributed by atoms with van der Waals surface area (Å²) in [7, 11) is 2.08.